The van der Waals surface area contributed by atoms with Gasteiger partial charge in [-0.15, -0.1) is 11.3 Å². The molecule has 1 amide bonds. The van der Waals surface area contributed by atoms with Gasteiger partial charge in [0.1, 0.15) is 10.7 Å². The van der Waals surface area contributed by atoms with Crippen LogP contribution in [-0.2, 0) is 17.8 Å². The number of halogens is 2. The summed E-state index contributed by atoms with van der Waals surface area (Å²) in [7, 11) is 0. The first-order valence-corrected chi connectivity index (χ1v) is 9.56. The number of amides is 1. The number of hydrogen-bond acceptors (Lipinski definition) is 4. The molecule has 0 spiro atoms. The molecule has 0 aliphatic carbocycles. The number of aromatic nitrogens is 2. The Morgan fingerprint density at radius 3 is 2.69 bits per heavy atom. The van der Waals surface area contributed by atoms with Crippen molar-refractivity contribution in [3.63, 3.8) is 0 Å². The van der Waals surface area contributed by atoms with Gasteiger partial charge in [-0.25, -0.2) is 4.98 Å². The summed E-state index contributed by atoms with van der Waals surface area (Å²) < 4.78 is 1.52. The van der Waals surface area contributed by atoms with Crippen LogP contribution in [0.3, 0.4) is 0 Å². The lowest BCUT2D eigenvalue weighted by atomic mass is 10.1. The summed E-state index contributed by atoms with van der Waals surface area (Å²) in [6.07, 6.45) is 0.423. The number of carbonyl (C=O) groups excluding carboxylic acids is 1. The first-order chi connectivity index (χ1) is 12.3. The Labute approximate surface area is 164 Å². The van der Waals surface area contributed by atoms with Gasteiger partial charge in [0.2, 0.25) is 5.91 Å². The highest BCUT2D eigenvalue weighted by atomic mass is 35.5. The molecule has 0 aliphatic rings. The van der Waals surface area contributed by atoms with E-state index in [1.54, 1.807) is 12.1 Å². The lowest BCUT2D eigenvalue weighted by molar-refractivity contribution is -0.118. The minimum absolute atomic E-state index is 0.0661. The van der Waals surface area contributed by atoms with E-state index < -0.39 is 5.91 Å². The summed E-state index contributed by atoms with van der Waals surface area (Å²) in [5.41, 5.74) is 6.85. The van der Waals surface area contributed by atoms with Gasteiger partial charge >= 0.3 is 0 Å². The van der Waals surface area contributed by atoms with Gasteiger partial charge in [0.15, 0.2) is 0 Å². The Morgan fingerprint density at radius 1 is 1.31 bits per heavy atom. The quantitative estimate of drug-likeness (QED) is 0.694. The number of rotatable bonds is 5. The predicted octanol–water partition coefficient (Wildman–Crippen LogP) is 3.85. The molecule has 2 heterocycles. The molecule has 8 heteroatoms. The van der Waals surface area contributed by atoms with E-state index in [2.05, 4.69) is 0 Å². The van der Waals surface area contributed by atoms with Crippen molar-refractivity contribution in [3.8, 4) is 0 Å². The summed E-state index contributed by atoms with van der Waals surface area (Å²) in [5.74, 6) is 0.0833. The topological polar surface area (TPSA) is 78.0 Å². The molecule has 0 unspecified atom stereocenters. The first-order valence-electron chi connectivity index (χ1n) is 7.99. The molecule has 0 saturated heterocycles. The molecule has 5 nitrogen and oxygen atoms in total. The Balaban J connectivity index is 2.16. The molecule has 2 N–H and O–H groups in total. The van der Waals surface area contributed by atoms with Gasteiger partial charge in [-0.3, -0.25) is 14.2 Å². The van der Waals surface area contributed by atoms with Crippen LogP contribution < -0.4 is 11.3 Å². The fourth-order valence-electron chi connectivity index (χ4n) is 2.79. The average molecular weight is 410 g/mol. The number of carbonyl (C=O) groups is 1. The number of nitrogens with zero attached hydrogens (tertiary/aromatic N) is 2. The molecule has 26 heavy (non-hydrogen) atoms. The van der Waals surface area contributed by atoms with Crippen molar-refractivity contribution in [2.45, 2.75) is 33.2 Å². The van der Waals surface area contributed by atoms with E-state index in [0.717, 1.165) is 16.0 Å². The van der Waals surface area contributed by atoms with E-state index in [-0.39, 0.29) is 18.5 Å². The maximum atomic E-state index is 13.0. The standard InChI is InChI=1S/C18H17Cl2N3O2S/c1-9-10(2)26-17-16(9)18(25)23(6-5-14(21)24)15(22-17)7-11-3-4-12(19)8-13(11)20/h3-4,8H,5-7H2,1-2H3,(H2,21,24). The van der Waals surface area contributed by atoms with Gasteiger partial charge in [0, 0.05) is 34.3 Å². The van der Waals surface area contributed by atoms with Crippen LogP contribution in [0.15, 0.2) is 23.0 Å². The summed E-state index contributed by atoms with van der Waals surface area (Å²) in [6.45, 7) is 4.06. The van der Waals surface area contributed by atoms with E-state index in [0.29, 0.717) is 32.5 Å². The Bertz CT molecular complexity index is 1070. The zero-order chi connectivity index (χ0) is 19.0. The van der Waals surface area contributed by atoms with Crippen LogP contribution in [0.5, 0.6) is 0 Å². The third-order valence-electron chi connectivity index (χ3n) is 4.31. The lowest BCUT2D eigenvalue weighted by Gasteiger charge is -2.13. The number of nitrogens with two attached hydrogens (primary N) is 1. The highest BCUT2D eigenvalue weighted by Gasteiger charge is 2.18. The zero-order valence-electron chi connectivity index (χ0n) is 14.3. The first kappa shape index (κ1) is 18.9. The summed E-state index contributed by atoms with van der Waals surface area (Å²) >= 11 is 13.7. The van der Waals surface area contributed by atoms with Gasteiger partial charge in [-0.2, -0.15) is 0 Å². The molecular weight excluding hydrogens is 393 g/mol. The fourth-order valence-corrected chi connectivity index (χ4v) is 4.31. The van der Waals surface area contributed by atoms with Crippen molar-refractivity contribution in [2.75, 3.05) is 0 Å². The van der Waals surface area contributed by atoms with Crippen LogP contribution >= 0.6 is 34.5 Å². The maximum Gasteiger partial charge on any atom is 0.262 e. The average Bonchev–Trinajstić information content (AvgIpc) is 2.84. The monoisotopic (exact) mass is 409 g/mol. The van der Waals surface area contributed by atoms with Gasteiger partial charge < -0.3 is 5.73 Å². The molecule has 1 aromatic carbocycles. The number of fused-ring (bicyclic) bond motifs is 1. The van der Waals surface area contributed by atoms with Gasteiger partial charge in [-0.1, -0.05) is 29.3 Å². The van der Waals surface area contributed by atoms with E-state index in [4.69, 9.17) is 33.9 Å². The minimum Gasteiger partial charge on any atom is -0.370 e. The van der Waals surface area contributed by atoms with Crippen LogP contribution in [0.2, 0.25) is 10.0 Å². The Kier molecular flexibility index (Phi) is 5.37. The highest BCUT2D eigenvalue weighted by Crippen LogP contribution is 2.28. The van der Waals surface area contributed by atoms with Crippen molar-refractivity contribution >= 4 is 50.7 Å². The molecule has 2 aromatic heterocycles. The number of thiophene rings is 1. The second-order valence-electron chi connectivity index (χ2n) is 6.08. The molecule has 0 atom stereocenters. The van der Waals surface area contributed by atoms with Crippen LogP contribution in [0.1, 0.15) is 28.2 Å². The van der Waals surface area contributed by atoms with Crippen molar-refractivity contribution in [1.82, 2.24) is 9.55 Å². The largest absolute Gasteiger partial charge is 0.370 e. The lowest BCUT2D eigenvalue weighted by Crippen LogP contribution is -2.28. The molecule has 3 aromatic rings. The molecule has 0 aliphatic heterocycles. The predicted molar refractivity (Wildman–Crippen MR) is 106 cm³/mol. The molecule has 0 radical (unpaired) electrons. The third kappa shape index (κ3) is 3.63. The minimum atomic E-state index is -0.467. The fraction of sp³-hybridized carbons (Fsp3) is 0.278. The van der Waals surface area contributed by atoms with Crippen LogP contribution in [0.4, 0.5) is 0 Å². The Morgan fingerprint density at radius 2 is 2.04 bits per heavy atom. The van der Waals surface area contributed by atoms with E-state index >= 15 is 0 Å². The molecule has 136 valence electrons. The van der Waals surface area contributed by atoms with E-state index in [1.807, 2.05) is 19.9 Å². The zero-order valence-corrected chi connectivity index (χ0v) is 16.6. The van der Waals surface area contributed by atoms with Crippen molar-refractivity contribution in [3.05, 3.63) is 60.4 Å². The molecule has 3 rings (SSSR count). The summed E-state index contributed by atoms with van der Waals surface area (Å²) in [6, 6.07) is 5.21. The van der Waals surface area contributed by atoms with Crippen LogP contribution in [0.25, 0.3) is 10.2 Å². The molecule has 0 bridgehead atoms. The number of benzene rings is 1. The SMILES string of the molecule is Cc1sc2nc(Cc3ccc(Cl)cc3Cl)n(CCC(N)=O)c(=O)c2c1C. The van der Waals surface area contributed by atoms with Crippen molar-refractivity contribution < 1.29 is 4.79 Å². The van der Waals surface area contributed by atoms with Crippen LogP contribution in [0, 0.1) is 13.8 Å². The smallest absolute Gasteiger partial charge is 0.262 e. The highest BCUT2D eigenvalue weighted by molar-refractivity contribution is 7.18. The van der Waals surface area contributed by atoms with Gasteiger partial charge in [0.05, 0.1) is 5.39 Å². The summed E-state index contributed by atoms with van der Waals surface area (Å²) in [5, 5.41) is 1.65. The van der Waals surface area contributed by atoms with Crippen molar-refractivity contribution in [1.29, 1.82) is 0 Å². The summed E-state index contributed by atoms with van der Waals surface area (Å²) in [4.78, 5) is 30.7. The van der Waals surface area contributed by atoms with Gasteiger partial charge in [-0.05, 0) is 37.1 Å². The second-order valence-corrected chi connectivity index (χ2v) is 8.12. The molecule has 0 fully saturated rings. The maximum absolute atomic E-state index is 13.0. The number of hydrogen-bond donors (Lipinski definition) is 1. The Hall–Kier alpha value is -1.89. The number of aryl methyl sites for hydroxylation is 2. The molecular formula is C18H17Cl2N3O2S. The normalized spacial score (nSPS) is 11.2. The van der Waals surface area contributed by atoms with E-state index in [9.17, 15) is 9.59 Å². The molecule has 0 saturated carbocycles. The van der Waals surface area contributed by atoms with E-state index in [1.165, 1.54) is 15.9 Å². The van der Waals surface area contributed by atoms with Crippen LogP contribution in [-0.4, -0.2) is 15.5 Å². The number of primary amides is 1. The third-order valence-corrected chi connectivity index (χ3v) is 6.00. The van der Waals surface area contributed by atoms with Crippen molar-refractivity contribution in [2.24, 2.45) is 5.73 Å². The second kappa shape index (κ2) is 7.39. The van der Waals surface area contributed by atoms with Gasteiger partial charge in [0.25, 0.3) is 5.56 Å².